The highest BCUT2D eigenvalue weighted by Gasteiger charge is 2.05. The number of rotatable bonds is 4. The molecule has 0 atom stereocenters. The summed E-state index contributed by atoms with van der Waals surface area (Å²) in [5.41, 5.74) is 2.26. The number of benzene rings is 2. The van der Waals surface area contributed by atoms with E-state index in [0.717, 1.165) is 27.5 Å². The van der Waals surface area contributed by atoms with Crippen molar-refractivity contribution in [3.8, 4) is 11.5 Å². The van der Waals surface area contributed by atoms with Crippen LogP contribution in [0.3, 0.4) is 0 Å². The van der Waals surface area contributed by atoms with Gasteiger partial charge in [0.25, 0.3) is 0 Å². The fraction of sp³-hybridized carbons (Fsp3) is 0.125. The molecule has 3 heteroatoms. The van der Waals surface area contributed by atoms with Gasteiger partial charge in [0.2, 0.25) is 0 Å². The van der Waals surface area contributed by atoms with E-state index in [-0.39, 0.29) is 0 Å². The predicted molar refractivity (Wildman–Crippen MR) is 83.9 cm³/mol. The molecule has 0 radical (unpaired) electrons. The maximum atomic E-state index is 5.17. The standard InChI is InChI=1S/C16H16O2S/c1-17-14-8-4-12(5-9-14)16(19-3)13-6-10-15(18-2)11-7-13/h4-11H,3H2,1-2H3. The lowest BCUT2D eigenvalue weighted by molar-refractivity contribution is 0.414. The maximum Gasteiger partial charge on any atom is 0.118 e. The van der Waals surface area contributed by atoms with Gasteiger partial charge in [0.05, 0.1) is 14.2 Å². The molecule has 0 amide bonds. The van der Waals surface area contributed by atoms with Crippen molar-refractivity contribution in [1.29, 1.82) is 0 Å². The molecule has 2 rings (SSSR count). The van der Waals surface area contributed by atoms with Gasteiger partial charge in [0.15, 0.2) is 0 Å². The Kier molecular flexibility index (Phi) is 4.42. The van der Waals surface area contributed by atoms with Gasteiger partial charge in [0, 0.05) is 4.86 Å². The summed E-state index contributed by atoms with van der Waals surface area (Å²) in [7, 11) is 4.82. The topological polar surface area (TPSA) is 18.5 Å². The fourth-order valence-electron chi connectivity index (χ4n) is 1.82. The quantitative estimate of drug-likeness (QED) is 0.627. The molecule has 0 heterocycles. The van der Waals surface area contributed by atoms with Gasteiger partial charge in [-0.05, 0) is 65.5 Å². The zero-order valence-electron chi connectivity index (χ0n) is 11.1. The van der Waals surface area contributed by atoms with E-state index in [9.17, 15) is 0 Å². The highest BCUT2D eigenvalue weighted by molar-refractivity contribution is 7.96. The summed E-state index contributed by atoms with van der Waals surface area (Å²) in [6.07, 6.45) is 0. The average molecular weight is 272 g/mol. The Morgan fingerprint density at radius 1 is 0.789 bits per heavy atom. The van der Waals surface area contributed by atoms with E-state index < -0.39 is 0 Å². The summed E-state index contributed by atoms with van der Waals surface area (Å²) in [5, 5.41) is 0. The van der Waals surface area contributed by atoms with E-state index in [0.29, 0.717) is 0 Å². The molecule has 0 unspecified atom stereocenters. The molecule has 0 N–H and O–H groups in total. The summed E-state index contributed by atoms with van der Waals surface area (Å²) in [6, 6.07) is 16.0. The third kappa shape index (κ3) is 3.06. The Morgan fingerprint density at radius 2 is 1.16 bits per heavy atom. The Balaban J connectivity index is 2.35. The predicted octanol–water partition coefficient (Wildman–Crippen LogP) is 3.44. The van der Waals surface area contributed by atoms with Gasteiger partial charge in [-0.25, -0.2) is 0 Å². The van der Waals surface area contributed by atoms with Gasteiger partial charge >= 0.3 is 0 Å². The molecule has 0 fully saturated rings. The van der Waals surface area contributed by atoms with Crippen LogP contribution in [-0.2, 0) is 0 Å². The molecule has 2 aromatic carbocycles. The molecule has 0 aliphatic carbocycles. The third-order valence-corrected chi connectivity index (χ3v) is 3.61. The highest BCUT2D eigenvalue weighted by Crippen LogP contribution is 2.18. The van der Waals surface area contributed by atoms with Crippen LogP contribution in [0.15, 0.2) is 48.5 Å². The van der Waals surface area contributed by atoms with Gasteiger partial charge in [0.1, 0.15) is 11.5 Å². The second-order valence-corrected chi connectivity index (χ2v) is 4.63. The second kappa shape index (κ2) is 6.25. The molecule has 98 valence electrons. The Morgan fingerprint density at radius 3 is 1.42 bits per heavy atom. The average Bonchev–Trinajstić information content (AvgIpc) is 2.49. The third-order valence-electron chi connectivity index (χ3n) is 2.85. The van der Waals surface area contributed by atoms with Crippen LogP contribution in [0, 0.1) is 0 Å². The Bertz CT molecular complexity index is 544. The van der Waals surface area contributed by atoms with Crippen LogP contribution in [0.5, 0.6) is 11.5 Å². The van der Waals surface area contributed by atoms with Crippen LogP contribution < -0.4 is 9.47 Å². The molecule has 0 aromatic heterocycles. The van der Waals surface area contributed by atoms with Crippen LogP contribution in [0.4, 0.5) is 0 Å². The summed E-state index contributed by atoms with van der Waals surface area (Å²) < 4.78 is 10.3. The number of ether oxygens (including phenoxy) is 2. The van der Waals surface area contributed by atoms with Crippen molar-refractivity contribution < 1.29 is 9.47 Å². The minimum atomic E-state index is 0.854. The van der Waals surface area contributed by atoms with E-state index in [1.807, 2.05) is 48.5 Å². The smallest absolute Gasteiger partial charge is 0.118 e. The molecular weight excluding hydrogens is 256 g/mol. The normalized spacial score (nSPS) is 9.79. The van der Waals surface area contributed by atoms with E-state index >= 15 is 0 Å². The maximum absolute atomic E-state index is 5.17. The molecule has 0 saturated carbocycles. The fourth-order valence-corrected chi connectivity index (χ4v) is 2.42. The molecular formula is C16H16O2S. The van der Waals surface area contributed by atoms with Crippen molar-refractivity contribution in [2.45, 2.75) is 0 Å². The number of hydrogen-bond donors (Lipinski definition) is 0. The van der Waals surface area contributed by atoms with Crippen molar-refractivity contribution in [3.63, 3.8) is 0 Å². The molecule has 2 aromatic rings. The van der Waals surface area contributed by atoms with Gasteiger partial charge in [-0.1, -0.05) is 0 Å². The van der Waals surface area contributed by atoms with Crippen LogP contribution in [0.25, 0.3) is 0 Å². The van der Waals surface area contributed by atoms with E-state index in [1.54, 1.807) is 14.2 Å². The van der Waals surface area contributed by atoms with Gasteiger partial charge < -0.3 is 9.47 Å². The van der Waals surface area contributed by atoms with E-state index in [4.69, 9.17) is 9.47 Å². The van der Waals surface area contributed by atoms with Crippen molar-refractivity contribution >= 4 is 21.7 Å². The summed E-state index contributed by atoms with van der Waals surface area (Å²) in [5.74, 6) is 5.65. The zero-order chi connectivity index (χ0) is 13.7. The summed E-state index contributed by atoms with van der Waals surface area (Å²) in [6.45, 7) is 0. The van der Waals surface area contributed by atoms with Crippen LogP contribution in [0.1, 0.15) is 11.1 Å². The van der Waals surface area contributed by atoms with E-state index in [2.05, 4.69) is 5.87 Å². The van der Waals surface area contributed by atoms with Crippen molar-refractivity contribution in [3.05, 3.63) is 59.7 Å². The summed E-state index contributed by atoms with van der Waals surface area (Å²) in [4.78, 5) is 1.13. The first-order valence-corrected chi connectivity index (χ1v) is 6.85. The Hall–Kier alpha value is -2.00. The molecule has 0 bridgehead atoms. The second-order valence-electron chi connectivity index (χ2n) is 3.93. The number of hydrogen-bond acceptors (Lipinski definition) is 2. The zero-order valence-corrected chi connectivity index (χ0v) is 11.9. The summed E-state index contributed by atoms with van der Waals surface area (Å²) >= 11 is 0. The lowest BCUT2D eigenvalue weighted by Gasteiger charge is -2.07. The molecule has 0 saturated heterocycles. The number of methoxy groups -OCH3 is 2. The molecule has 0 aliphatic heterocycles. The molecule has 19 heavy (non-hydrogen) atoms. The van der Waals surface area contributed by atoms with Crippen LogP contribution in [0.2, 0.25) is 0 Å². The van der Waals surface area contributed by atoms with Crippen molar-refractivity contribution in [1.82, 2.24) is 0 Å². The van der Waals surface area contributed by atoms with Crippen LogP contribution in [-0.4, -0.2) is 25.0 Å². The Labute approximate surface area is 117 Å². The monoisotopic (exact) mass is 272 g/mol. The van der Waals surface area contributed by atoms with Gasteiger partial charge in [-0.15, -0.1) is 0 Å². The largest absolute Gasteiger partial charge is 0.497 e. The molecule has 0 aliphatic rings. The minimum absolute atomic E-state index is 0.854. The first kappa shape index (κ1) is 13.4. The SMILES string of the molecule is C=S=C(c1ccc(OC)cc1)c1ccc(OC)cc1. The molecule has 0 spiro atoms. The van der Waals surface area contributed by atoms with Crippen molar-refractivity contribution in [2.75, 3.05) is 14.2 Å². The first-order chi connectivity index (χ1) is 9.28. The minimum Gasteiger partial charge on any atom is -0.497 e. The lowest BCUT2D eigenvalue weighted by Crippen LogP contribution is -2.00. The van der Waals surface area contributed by atoms with E-state index in [1.165, 1.54) is 10.9 Å². The van der Waals surface area contributed by atoms with Crippen molar-refractivity contribution in [2.24, 2.45) is 0 Å². The lowest BCUT2D eigenvalue weighted by atomic mass is 10.0. The highest BCUT2D eigenvalue weighted by atomic mass is 32.1. The van der Waals surface area contributed by atoms with Crippen LogP contribution >= 0.6 is 10.9 Å². The molecule has 2 nitrogen and oxygen atoms in total. The van der Waals surface area contributed by atoms with Gasteiger partial charge in [-0.2, -0.15) is 10.9 Å². The van der Waals surface area contributed by atoms with Gasteiger partial charge in [-0.3, -0.25) is 0 Å². The first-order valence-electron chi connectivity index (χ1n) is 5.86.